The van der Waals surface area contributed by atoms with Crippen molar-refractivity contribution in [3.63, 3.8) is 0 Å². The van der Waals surface area contributed by atoms with Crippen LogP contribution in [0.5, 0.6) is 28.7 Å². The van der Waals surface area contributed by atoms with Crippen LogP contribution in [0.25, 0.3) is 33.5 Å². The number of hydrogen-bond acceptors (Lipinski definition) is 22. The van der Waals surface area contributed by atoms with E-state index in [1.54, 1.807) is 74.9 Å². The summed E-state index contributed by atoms with van der Waals surface area (Å²) in [7, 11) is 0. The van der Waals surface area contributed by atoms with Crippen LogP contribution in [0.3, 0.4) is 0 Å². The van der Waals surface area contributed by atoms with E-state index >= 15 is 0 Å². The normalized spacial score (nSPS) is 15.3. The van der Waals surface area contributed by atoms with Crippen LogP contribution in [0.15, 0.2) is 132 Å². The van der Waals surface area contributed by atoms with Crippen molar-refractivity contribution in [2.24, 2.45) is 0 Å². The third-order valence-electron chi connectivity index (χ3n) is 18.6. The highest BCUT2D eigenvalue weighted by atomic mass is 35.5. The maximum Gasteiger partial charge on any atom is 0.196 e. The molecule has 2 aliphatic rings. The average molecular weight is 1460 g/mol. The first-order valence-corrected chi connectivity index (χ1v) is 35.1. The Morgan fingerprint density at radius 3 is 1.74 bits per heavy atom. The van der Waals surface area contributed by atoms with Crippen LogP contribution in [-0.4, -0.2) is 150 Å². The summed E-state index contributed by atoms with van der Waals surface area (Å²) in [6, 6.07) is 34.1. The van der Waals surface area contributed by atoms with E-state index in [-0.39, 0.29) is 77.3 Å². The van der Waals surface area contributed by atoms with Gasteiger partial charge < -0.3 is 68.8 Å². The monoisotopic (exact) mass is 1460 g/mol. The molecular formula is C78H85Cl3N10O12. The molecular weight excluding hydrogens is 1380 g/mol. The molecule has 9 aromatic rings. The van der Waals surface area contributed by atoms with Crippen LogP contribution in [-0.2, 0) is 50.7 Å². The maximum atomic E-state index is 12.2. The number of fused-ring (bicyclic) bond motifs is 1. The molecule has 103 heavy (non-hydrogen) atoms. The summed E-state index contributed by atoms with van der Waals surface area (Å²) < 4.78 is 37.0. The average Bonchev–Trinajstić information content (AvgIpc) is 1.79. The number of β-amino-alcohol motifs (C(OH)–C–C–N with tert-alkyl or cyclic N) is 2. The number of pyridine rings is 3. The molecule has 11 rings (SSSR count). The number of halogens is 3. The van der Waals surface area contributed by atoms with Crippen LogP contribution in [0.2, 0.25) is 15.1 Å². The number of nitriles is 2. The summed E-state index contributed by atoms with van der Waals surface area (Å²) >= 11 is 20.3. The Morgan fingerprint density at radius 1 is 0.641 bits per heavy atom. The van der Waals surface area contributed by atoms with E-state index in [4.69, 9.17) is 67.9 Å². The molecule has 6 heterocycles. The van der Waals surface area contributed by atoms with Crippen LogP contribution >= 0.6 is 34.8 Å². The summed E-state index contributed by atoms with van der Waals surface area (Å²) in [4.78, 5) is 34.3. The molecule has 0 aliphatic carbocycles. The molecule has 4 aromatic heterocycles. The lowest BCUT2D eigenvalue weighted by atomic mass is 9.96. The number of rotatable bonds is 32. The highest BCUT2D eigenvalue weighted by Gasteiger charge is 2.30. The van der Waals surface area contributed by atoms with Gasteiger partial charge in [-0.05, 0) is 124 Å². The van der Waals surface area contributed by atoms with Crippen molar-refractivity contribution >= 4 is 51.7 Å². The number of nitrogens with one attached hydrogen (secondary N) is 2. The predicted octanol–water partition coefficient (Wildman–Crippen LogP) is 11.4. The molecule has 2 aliphatic heterocycles. The molecule has 0 unspecified atom stereocenters. The van der Waals surface area contributed by atoms with Crippen molar-refractivity contribution < 1.29 is 58.4 Å². The van der Waals surface area contributed by atoms with Crippen molar-refractivity contribution in [2.75, 3.05) is 65.7 Å². The molecule has 2 fully saturated rings. The molecule has 0 bridgehead atoms. The first-order chi connectivity index (χ1) is 49.7. The van der Waals surface area contributed by atoms with E-state index in [2.05, 4.69) is 60.5 Å². The standard InChI is InChI=1S/C40H42ClN5O6.C38H43Cl2N5O6/c1-25-30(5-4-6-33(25)29-7-8-36-35(15-29)45-39(52-36)10-12-46-11-9-32(49)21-46)23-51-38-16-37(50-22-28-13-27(17-42)18-43-19-28)31(14-34(38)41)20-44-40(3,24-47)26(2)48;1-25-28(5-3-6-31(25)37-36(40)33(7-9-43-37)49-12-4-10-45-11-8-30(48)20-45)22-51-35-15-34(50-21-27-13-26(16-41)17-42-18-27)29(14-32(35)39)19-44-38(2,23-46)24-47/h4-8,13-16,18-19,32,44,47,49H,9-12,20-24H2,1-3H3;3,5-7,9,13-15,17-18,30,44,46-48H,4,8,10-12,19-24H2,1-2H3/t32-,40-;30-/m11/s1. The summed E-state index contributed by atoms with van der Waals surface area (Å²) in [6.07, 6.45) is 10.5. The van der Waals surface area contributed by atoms with Crippen molar-refractivity contribution in [1.82, 2.24) is 40.4 Å². The number of hydrogen-bond donors (Lipinski definition) is 7. The lowest BCUT2D eigenvalue weighted by Gasteiger charge is -2.27. The molecule has 22 nitrogen and oxygen atoms in total. The first kappa shape index (κ1) is 76.8. The van der Waals surface area contributed by atoms with Gasteiger partial charge in [0.25, 0.3) is 0 Å². The molecule has 540 valence electrons. The number of aromatic nitrogens is 4. The number of ketones is 1. The van der Waals surface area contributed by atoms with Crippen LogP contribution in [0.1, 0.15) is 102 Å². The molecule has 0 spiro atoms. The summed E-state index contributed by atoms with van der Waals surface area (Å²) in [5.74, 6) is 2.77. The van der Waals surface area contributed by atoms with Crippen molar-refractivity contribution in [3.8, 4) is 63.3 Å². The fourth-order valence-corrected chi connectivity index (χ4v) is 12.6. The summed E-state index contributed by atoms with van der Waals surface area (Å²) in [5.41, 5.74) is 10.4. The number of oxazole rings is 1. The molecule has 7 N–H and O–H groups in total. The second-order valence-corrected chi connectivity index (χ2v) is 27.5. The fraction of sp³-hybridized carbons (Fsp3) is 0.372. The Labute approximate surface area is 614 Å². The molecule has 0 radical (unpaired) electrons. The van der Waals surface area contributed by atoms with E-state index in [0.29, 0.717) is 115 Å². The van der Waals surface area contributed by atoms with Gasteiger partial charge in [0.05, 0.1) is 76.6 Å². The number of Topliss-reactive ketones (excluding diaryl/α,β-unsaturated/α-hetero) is 1. The van der Waals surface area contributed by atoms with Gasteiger partial charge in [-0.1, -0.05) is 77.3 Å². The zero-order chi connectivity index (χ0) is 73.2. The SMILES string of the molecule is CC(=O)[C@@](C)(CO)NCc1cc(Cl)c(OCc2cccc(-c3ccc4oc(CCN5CC[C@@H](O)C5)nc4c3)c2C)cc1OCc1cncc(C#N)c1.Cc1c(COc2cc(OCc3cncc(C#N)c3)c(CNC(C)(CO)CO)cc2Cl)cccc1-c1nccc(OCCCN2CC[C@@H](O)C2)c1Cl. The number of aliphatic hydroxyl groups excluding tert-OH is 5. The minimum absolute atomic E-state index is 0.127. The van der Waals surface area contributed by atoms with Gasteiger partial charge in [0, 0.05) is 136 Å². The Morgan fingerprint density at radius 2 is 1.19 bits per heavy atom. The topological polar surface area (TPSA) is 307 Å². The highest BCUT2D eigenvalue weighted by Crippen LogP contribution is 2.40. The van der Waals surface area contributed by atoms with Crippen LogP contribution in [0, 0.1) is 36.5 Å². The van der Waals surface area contributed by atoms with Gasteiger partial charge in [0.15, 0.2) is 17.3 Å². The van der Waals surface area contributed by atoms with Crippen LogP contribution in [0.4, 0.5) is 0 Å². The molecule has 2 saturated heterocycles. The van der Waals surface area contributed by atoms with E-state index in [0.717, 1.165) is 95.5 Å². The van der Waals surface area contributed by atoms with E-state index in [1.165, 1.54) is 19.3 Å². The second kappa shape index (κ2) is 36.1. The summed E-state index contributed by atoms with van der Waals surface area (Å²) in [6.45, 7) is 14.3. The van der Waals surface area contributed by atoms with Crippen molar-refractivity contribution in [3.05, 3.63) is 205 Å². The fourth-order valence-electron chi connectivity index (χ4n) is 11.8. The Balaban J connectivity index is 0.000000221. The zero-order valence-electron chi connectivity index (χ0n) is 58.2. The molecule has 5 aromatic carbocycles. The number of ether oxygens (including phenoxy) is 5. The number of benzene rings is 5. The number of likely N-dealkylation sites (tertiary alicyclic amines) is 2. The Hall–Kier alpha value is -8.82. The maximum absolute atomic E-state index is 12.2. The highest BCUT2D eigenvalue weighted by molar-refractivity contribution is 6.34. The lowest BCUT2D eigenvalue weighted by Crippen LogP contribution is -2.51. The van der Waals surface area contributed by atoms with Gasteiger partial charge in [-0.25, -0.2) is 4.98 Å². The lowest BCUT2D eigenvalue weighted by molar-refractivity contribution is -0.124. The predicted molar refractivity (Wildman–Crippen MR) is 392 cm³/mol. The number of nitrogens with zero attached hydrogens (tertiary/aromatic N) is 8. The van der Waals surface area contributed by atoms with Gasteiger partial charge in [0.2, 0.25) is 0 Å². The summed E-state index contributed by atoms with van der Waals surface area (Å²) in [5, 5.41) is 75.0. The molecule has 25 heteroatoms. The largest absolute Gasteiger partial charge is 0.492 e. The molecule has 0 amide bonds. The van der Waals surface area contributed by atoms with E-state index < -0.39 is 11.1 Å². The van der Waals surface area contributed by atoms with Crippen molar-refractivity contribution in [1.29, 1.82) is 10.5 Å². The minimum Gasteiger partial charge on any atom is -0.492 e. The van der Waals surface area contributed by atoms with Crippen molar-refractivity contribution in [2.45, 2.75) is 123 Å². The molecule has 0 saturated carbocycles. The third kappa shape index (κ3) is 20.3. The number of carbonyl (C=O) groups excluding carboxylic acids is 1. The third-order valence-corrected chi connectivity index (χ3v) is 19.5. The van der Waals surface area contributed by atoms with Gasteiger partial charge in [-0.2, -0.15) is 10.5 Å². The van der Waals surface area contributed by atoms with E-state index in [1.807, 2.05) is 55.5 Å². The minimum atomic E-state index is -1.15. The Kier molecular flexibility index (Phi) is 26.9. The smallest absolute Gasteiger partial charge is 0.196 e. The zero-order valence-corrected chi connectivity index (χ0v) is 60.5. The van der Waals surface area contributed by atoms with Gasteiger partial charge in [0.1, 0.15) is 77.9 Å². The van der Waals surface area contributed by atoms with Gasteiger partial charge in [-0.15, -0.1) is 0 Å². The van der Waals surface area contributed by atoms with E-state index in [9.17, 15) is 40.9 Å². The van der Waals surface area contributed by atoms with Crippen LogP contribution < -0.4 is 34.3 Å². The van der Waals surface area contributed by atoms with Gasteiger partial charge >= 0.3 is 0 Å². The quantitative estimate of drug-likeness (QED) is 0.0193. The second-order valence-electron chi connectivity index (χ2n) is 26.3. The number of aliphatic hydroxyl groups is 5. The first-order valence-electron chi connectivity index (χ1n) is 34.0. The molecule has 3 atom stereocenters. The number of carbonyl (C=O) groups is 1. The van der Waals surface area contributed by atoms with Gasteiger partial charge in [-0.3, -0.25) is 25.1 Å². The Bertz CT molecular complexity index is 4510.